The van der Waals surface area contributed by atoms with Gasteiger partial charge in [-0.15, -0.1) is 12.4 Å². The van der Waals surface area contributed by atoms with Crippen LogP contribution >= 0.6 is 12.4 Å². The number of hydrogen-bond donors (Lipinski definition) is 15. The van der Waals surface area contributed by atoms with Crippen molar-refractivity contribution in [3.63, 3.8) is 0 Å². The van der Waals surface area contributed by atoms with Crippen molar-refractivity contribution >= 4 is 97.6 Å². The minimum Gasteiger partial charge on any atom is -0.508 e. The Bertz CT molecular complexity index is 3490. The number of aromatic hydroxyl groups is 3. The van der Waals surface area contributed by atoms with Crippen molar-refractivity contribution in [2.45, 2.75) is 101 Å². The van der Waals surface area contributed by atoms with Crippen LogP contribution in [0.4, 0.5) is 17.1 Å². The summed E-state index contributed by atoms with van der Waals surface area (Å²) >= 11 is 0. The highest BCUT2D eigenvalue weighted by molar-refractivity contribution is 6.00. The van der Waals surface area contributed by atoms with Crippen LogP contribution < -0.4 is 49.1 Å². The number of hydrogen-bond acceptors (Lipinski definition) is 12. The lowest BCUT2D eigenvalue weighted by Gasteiger charge is -2.22. The van der Waals surface area contributed by atoms with E-state index in [1.807, 2.05) is 36.4 Å². The maximum atomic E-state index is 14.0. The van der Waals surface area contributed by atoms with Gasteiger partial charge >= 0.3 is 0 Å². The number of phenolic OH excluding ortho intramolecular Hbond substituents is 3. The molecular weight excluding hydrogens is 1150 g/mol. The molecule has 0 saturated carbocycles. The maximum Gasteiger partial charge on any atom is 0.246 e. The Morgan fingerprint density at radius 1 is 0.382 bits per heavy atom. The van der Waals surface area contributed by atoms with Crippen LogP contribution in [0.2, 0.25) is 0 Å². The molecule has 0 aliphatic rings. The molecule has 6 aromatic carbocycles. The summed E-state index contributed by atoms with van der Waals surface area (Å²) in [5.41, 5.74) is 25.7. The Balaban J connectivity index is 0.0000102. The number of carbonyl (C=O) groups excluding carboxylic acids is 6. The van der Waals surface area contributed by atoms with Crippen LogP contribution in [0.15, 0.2) is 146 Å². The zero-order valence-corrected chi connectivity index (χ0v) is 50.0. The van der Waals surface area contributed by atoms with E-state index >= 15 is 0 Å². The lowest BCUT2D eigenvalue weighted by molar-refractivity contribution is -0.126. The lowest BCUT2D eigenvalue weighted by Crippen LogP contribution is -2.44. The van der Waals surface area contributed by atoms with Gasteiger partial charge in [0.2, 0.25) is 35.4 Å². The van der Waals surface area contributed by atoms with Crippen LogP contribution in [-0.4, -0.2) is 103 Å². The minimum absolute atomic E-state index is 0. The second kappa shape index (κ2) is 31.3. The number of fused-ring (bicyclic) bond motifs is 3. The zero-order chi connectivity index (χ0) is 62.1. The molecule has 0 saturated heterocycles. The highest BCUT2D eigenvalue weighted by Crippen LogP contribution is 2.35. The first-order chi connectivity index (χ1) is 42.6. The Morgan fingerprint density at radius 3 is 0.910 bits per heavy atom. The average Bonchev–Trinajstić information content (AvgIpc) is 3.16. The number of phenols is 3. The molecule has 18 N–H and O–H groups in total. The van der Waals surface area contributed by atoms with E-state index < -0.39 is 41.8 Å². The fourth-order valence-electron chi connectivity index (χ4n) is 11.0. The number of halogens is 1. The van der Waals surface area contributed by atoms with Crippen LogP contribution in [0, 0.1) is 0 Å². The normalized spacial score (nSPS) is 12.3. The van der Waals surface area contributed by atoms with Crippen LogP contribution in [0.3, 0.4) is 0 Å². The van der Waals surface area contributed by atoms with Gasteiger partial charge in [0.25, 0.3) is 0 Å². The van der Waals surface area contributed by atoms with E-state index in [9.17, 15) is 44.1 Å². The molecule has 21 nitrogen and oxygen atoms in total. The average molecular weight is 1230 g/mol. The molecule has 0 unspecified atom stereocenters. The number of carbonyl (C=O) groups is 6. The minimum atomic E-state index is -0.874. The van der Waals surface area contributed by atoms with Gasteiger partial charge in [-0.3, -0.25) is 28.8 Å². The van der Waals surface area contributed by atoms with Crippen molar-refractivity contribution in [3.8, 4) is 17.2 Å². The molecule has 3 atom stereocenters. The summed E-state index contributed by atoms with van der Waals surface area (Å²) in [4.78, 5) is 91.9. The molecule has 0 radical (unpaired) electrons. The molecule has 0 aliphatic carbocycles. The molecule has 3 heterocycles. The van der Waals surface area contributed by atoms with Gasteiger partial charge in [-0.25, -0.2) is 0 Å². The van der Waals surface area contributed by atoms with E-state index in [0.29, 0.717) is 127 Å². The second-order valence-corrected chi connectivity index (χ2v) is 22.1. The van der Waals surface area contributed by atoms with Gasteiger partial charge in [-0.2, -0.15) is 0 Å². The molecular formula is C67H77ClN12O9. The molecule has 89 heavy (non-hydrogen) atoms. The van der Waals surface area contributed by atoms with Gasteiger partial charge in [0, 0.05) is 74.3 Å². The van der Waals surface area contributed by atoms with Crippen molar-refractivity contribution in [2.24, 2.45) is 17.2 Å². The molecule has 0 spiro atoms. The standard InChI is InChI=1S/C67H76N12O9.ClH/c68-28-4-1-7-58(77-61(83)31-43-37-71-55-25-22-49(80)34-52(43)55)65(86)74-46-16-10-40(11-17-46)64(41-12-18-47(19-13-41)75-66(87)59(8-2-5-29-69)78-62(84)32-44-38-72-56-26-23-50(81)35-53(44)56)42-14-20-48(21-15-42)76-67(88)60(9-3-6-30-70)79-63(85)33-45-39-73-57-27-24-51(82)36-54(45)57;/h10-27,34-39,58-60,64,71-73,80-82H,1-9,28-33,68-70H2,(H,74,86)(H,75,87)(H,76,88)(H,77,83)(H,78,84)(H,79,85);1H/t58-,59-,60-;/m0./s1. The number of H-pyrrole nitrogens is 3. The third-order valence-corrected chi connectivity index (χ3v) is 15.6. The number of anilines is 3. The van der Waals surface area contributed by atoms with Crippen LogP contribution in [0.5, 0.6) is 17.2 Å². The van der Waals surface area contributed by atoms with Crippen LogP contribution in [-0.2, 0) is 48.0 Å². The maximum absolute atomic E-state index is 14.0. The largest absolute Gasteiger partial charge is 0.508 e. The molecule has 466 valence electrons. The molecule has 3 aromatic heterocycles. The fourth-order valence-corrected chi connectivity index (χ4v) is 11.0. The number of amides is 6. The smallest absolute Gasteiger partial charge is 0.246 e. The number of nitrogens with one attached hydrogen (secondary N) is 9. The van der Waals surface area contributed by atoms with Gasteiger partial charge in [0.1, 0.15) is 35.4 Å². The molecule has 0 bridgehead atoms. The summed E-state index contributed by atoms with van der Waals surface area (Å²) in [6.45, 7) is 1.27. The predicted molar refractivity (Wildman–Crippen MR) is 349 cm³/mol. The van der Waals surface area contributed by atoms with Crippen molar-refractivity contribution in [3.05, 3.63) is 179 Å². The van der Waals surface area contributed by atoms with E-state index in [1.54, 1.807) is 110 Å². The zero-order valence-electron chi connectivity index (χ0n) is 49.2. The van der Waals surface area contributed by atoms with E-state index in [0.717, 1.165) is 33.2 Å². The highest BCUT2D eigenvalue weighted by Gasteiger charge is 2.26. The van der Waals surface area contributed by atoms with Crippen LogP contribution in [0.1, 0.15) is 97.1 Å². The molecule has 6 amide bonds. The molecule has 0 aliphatic heterocycles. The first-order valence-corrected chi connectivity index (χ1v) is 29.7. The predicted octanol–water partition coefficient (Wildman–Crippen LogP) is 8.23. The van der Waals surface area contributed by atoms with E-state index in [1.165, 1.54) is 0 Å². The third kappa shape index (κ3) is 17.5. The van der Waals surface area contributed by atoms with Gasteiger partial charge in [-0.05, 0) is 202 Å². The summed E-state index contributed by atoms with van der Waals surface area (Å²) in [6, 6.07) is 34.0. The van der Waals surface area contributed by atoms with Crippen molar-refractivity contribution < 1.29 is 44.1 Å². The van der Waals surface area contributed by atoms with Gasteiger partial charge < -0.3 is 79.4 Å². The topological polar surface area (TPSA) is 361 Å². The number of aromatic nitrogens is 3. The quantitative estimate of drug-likeness (QED) is 0.0149. The van der Waals surface area contributed by atoms with Gasteiger partial charge in [0.15, 0.2) is 0 Å². The highest BCUT2D eigenvalue weighted by atomic mass is 35.5. The number of benzene rings is 6. The van der Waals surface area contributed by atoms with Crippen molar-refractivity contribution in [1.29, 1.82) is 0 Å². The Hall–Kier alpha value is -9.67. The third-order valence-electron chi connectivity index (χ3n) is 15.6. The van der Waals surface area contributed by atoms with Crippen molar-refractivity contribution in [2.75, 3.05) is 35.6 Å². The summed E-state index contributed by atoms with van der Waals surface area (Å²) in [6.07, 6.45) is 9.86. The lowest BCUT2D eigenvalue weighted by atomic mass is 9.85. The summed E-state index contributed by atoms with van der Waals surface area (Å²) in [5, 5.41) is 50.1. The van der Waals surface area contributed by atoms with Gasteiger partial charge in [-0.1, -0.05) is 36.4 Å². The van der Waals surface area contributed by atoms with E-state index in [-0.39, 0.29) is 66.6 Å². The molecule has 22 heteroatoms. The SMILES string of the molecule is Cl.NCCCC[C@H](NC(=O)Cc1c[nH]c2ccc(O)cc12)C(=O)Nc1ccc(C(c2ccc(NC(=O)[C@H](CCCCN)NC(=O)Cc3c[nH]c4ccc(O)cc34)cc2)c2ccc(NC(=O)[C@H](CCCCN)NC(=O)Cc3c[nH]c4ccc(O)cc34)cc2)cc1. The van der Waals surface area contributed by atoms with E-state index in [2.05, 4.69) is 46.9 Å². The van der Waals surface area contributed by atoms with Gasteiger partial charge in [0.05, 0.1) is 19.3 Å². The first-order valence-electron chi connectivity index (χ1n) is 29.7. The van der Waals surface area contributed by atoms with E-state index in [4.69, 9.17) is 17.2 Å². The number of rotatable bonds is 30. The first kappa shape index (κ1) is 65.3. The number of unbranched alkanes of at least 4 members (excludes halogenated alkanes) is 3. The van der Waals surface area contributed by atoms with Crippen LogP contribution in [0.25, 0.3) is 32.7 Å². The fraction of sp³-hybridized carbons (Fsp3) is 0.284. The molecule has 9 aromatic rings. The monoisotopic (exact) mass is 1230 g/mol. The Morgan fingerprint density at radius 2 is 0.652 bits per heavy atom. The number of aromatic amines is 3. The molecule has 0 fully saturated rings. The van der Waals surface area contributed by atoms with Crippen molar-refractivity contribution in [1.82, 2.24) is 30.9 Å². The number of nitrogens with two attached hydrogens (primary N) is 3. The second-order valence-electron chi connectivity index (χ2n) is 22.1. The Labute approximate surface area is 520 Å². The Kier molecular flexibility index (Phi) is 23.0. The molecule has 9 rings (SSSR count). The summed E-state index contributed by atoms with van der Waals surface area (Å²) in [5.74, 6) is -2.54. The summed E-state index contributed by atoms with van der Waals surface area (Å²) < 4.78 is 0. The summed E-state index contributed by atoms with van der Waals surface area (Å²) in [7, 11) is 0.